The van der Waals surface area contributed by atoms with Gasteiger partial charge in [-0.2, -0.15) is 0 Å². The number of phenolic OH excluding ortho intramolecular Hbond substituents is 3. The van der Waals surface area contributed by atoms with Crippen molar-refractivity contribution in [3.05, 3.63) is 17.7 Å². The number of aromatic hydroxyl groups is 3. The zero-order valence-electron chi connectivity index (χ0n) is 12.6. The van der Waals surface area contributed by atoms with Crippen molar-refractivity contribution >= 4 is 6.09 Å². The summed E-state index contributed by atoms with van der Waals surface area (Å²) in [6.07, 6.45) is -3.81. The van der Waals surface area contributed by atoms with E-state index in [1.165, 1.54) is 0 Å². The molecule has 124 valence electrons. The average molecular weight is 315 g/mol. The first kappa shape index (κ1) is 17.9. The molecule has 0 fully saturated rings. The van der Waals surface area contributed by atoms with Crippen LogP contribution in [-0.4, -0.2) is 49.9 Å². The van der Waals surface area contributed by atoms with E-state index in [0.717, 1.165) is 12.1 Å². The van der Waals surface area contributed by atoms with Crippen LogP contribution < -0.4 is 5.32 Å². The van der Waals surface area contributed by atoms with Crippen molar-refractivity contribution in [1.82, 2.24) is 5.32 Å². The number of alkyl carbamates (subject to hydrolysis) is 1. The molecule has 0 aliphatic heterocycles. The highest BCUT2D eigenvalue weighted by atomic mass is 16.6. The van der Waals surface area contributed by atoms with E-state index in [0.29, 0.717) is 0 Å². The first-order valence-corrected chi connectivity index (χ1v) is 6.59. The summed E-state index contributed by atoms with van der Waals surface area (Å²) in [6.45, 7) is 4.69. The van der Waals surface area contributed by atoms with Gasteiger partial charge in [0.15, 0.2) is 11.5 Å². The molecule has 0 saturated heterocycles. The third-order valence-corrected chi connectivity index (χ3v) is 2.70. The molecule has 2 atom stereocenters. The molecule has 6 N–H and O–H groups in total. The highest BCUT2D eigenvalue weighted by Gasteiger charge is 2.25. The van der Waals surface area contributed by atoms with Crippen molar-refractivity contribution in [2.75, 3.05) is 6.54 Å². The number of benzene rings is 1. The second kappa shape index (κ2) is 6.71. The number of rotatable bonds is 4. The lowest BCUT2D eigenvalue weighted by molar-refractivity contribution is 0.0117. The molecule has 0 aliphatic carbocycles. The molecule has 1 rings (SSSR count). The van der Waals surface area contributed by atoms with Gasteiger partial charge in [0.05, 0.1) is 0 Å². The van der Waals surface area contributed by atoms with Gasteiger partial charge in [0.2, 0.25) is 5.75 Å². The van der Waals surface area contributed by atoms with Gasteiger partial charge in [0.1, 0.15) is 17.8 Å². The summed E-state index contributed by atoms with van der Waals surface area (Å²) in [4.78, 5) is 11.4. The number of carbonyl (C=O) groups is 1. The van der Waals surface area contributed by atoms with Gasteiger partial charge in [0, 0.05) is 12.1 Å². The van der Waals surface area contributed by atoms with Crippen LogP contribution in [0, 0.1) is 0 Å². The minimum atomic E-state index is -1.58. The Kier molecular flexibility index (Phi) is 5.45. The maximum atomic E-state index is 11.4. The minimum Gasteiger partial charge on any atom is -0.504 e. The summed E-state index contributed by atoms with van der Waals surface area (Å²) >= 11 is 0. The molecule has 1 amide bonds. The third-order valence-electron chi connectivity index (χ3n) is 2.70. The molecular formula is C14H21NO7. The van der Waals surface area contributed by atoms with Gasteiger partial charge in [-0.25, -0.2) is 4.79 Å². The lowest BCUT2D eigenvalue weighted by Gasteiger charge is -2.22. The van der Waals surface area contributed by atoms with Crippen LogP contribution in [0.5, 0.6) is 17.2 Å². The molecule has 0 radical (unpaired) electrons. The number of carbonyl (C=O) groups excluding carboxylic acids is 1. The Morgan fingerprint density at radius 1 is 1.18 bits per heavy atom. The smallest absolute Gasteiger partial charge is 0.407 e. The van der Waals surface area contributed by atoms with Crippen LogP contribution >= 0.6 is 0 Å². The molecule has 0 aliphatic rings. The van der Waals surface area contributed by atoms with Crippen molar-refractivity contribution in [2.45, 2.75) is 38.6 Å². The summed E-state index contributed by atoms with van der Waals surface area (Å²) < 4.78 is 4.97. The Balaban J connectivity index is 2.68. The van der Waals surface area contributed by atoms with Crippen molar-refractivity contribution in [3.63, 3.8) is 0 Å². The maximum Gasteiger partial charge on any atom is 0.407 e. The Morgan fingerprint density at radius 3 is 2.32 bits per heavy atom. The first-order valence-electron chi connectivity index (χ1n) is 6.59. The predicted octanol–water partition coefficient (Wildman–Crippen LogP) is 0.722. The molecule has 22 heavy (non-hydrogen) atoms. The third kappa shape index (κ3) is 4.68. The van der Waals surface area contributed by atoms with Gasteiger partial charge in [-0.05, 0) is 32.9 Å². The Labute approximate surface area is 127 Å². The average Bonchev–Trinajstić information content (AvgIpc) is 2.40. The molecule has 8 nitrogen and oxygen atoms in total. The van der Waals surface area contributed by atoms with E-state index in [1.54, 1.807) is 20.8 Å². The van der Waals surface area contributed by atoms with Gasteiger partial charge in [0.25, 0.3) is 0 Å². The molecule has 8 heteroatoms. The van der Waals surface area contributed by atoms with Gasteiger partial charge in [-0.1, -0.05) is 0 Å². The maximum absolute atomic E-state index is 11.4. The van der Waals surface area contributed by atoms with Crippen molar-refractivity contribution in [2.24, 2.45) is 0 Å². The van der Waals surface area contributed by atoms with Crippen LogP contribution in [0.25, 0.3) is 0 Å². The summed E-state index contributed by atoms with van der Waals surface area (Å²) in [5.74, 6) is -2.11. The highest BCUT2D eigenvalue weighted by molar-refractivity contribution is 5.67. The lowest BCUT2D eigenvalue weighted by atomic mass is 10.0. The van der Waals surface area contributed by atoms with Crippen LogP contribution in [0.1, 0.15) is 32.4 Å². The zero-order chi connectivity index (χ0) is 17.1. The summed E-state index contributed by atoms with van der Waals surface area (Å²) in [7, 11) is 0. The predicted molar refractivity (Wildman–Crippen MR) is 76.6 cm³/mol. The number of aliphatic hydroxyl groups excluding tert-OH is 2. The SMILES string of the molecule is CC(C)(C)OC(=O)NCC(O)C(O)c1ccc(O)c(O)c1O. The largest absolute Gasteiger partial charge is 0.504 e. The molecule has 0 bridgehead atoms. The van der Waals surface area contributed by atoms with Crippen LogP contribution in [0.15, 0.2) is 12.1 Å². The first-order chi connectivity index (χ1) is 10.0. The number of hydrogen-bond donors (Lipinski definition) is 6. The molecule has 0 spiro atoms. The number of amides is 1. The Morgan fingerprint density at radius 2 is 1.77 bits per heavy atom. The minimum absolute atomic E-state index is 0.186. The van der Waals surface area contributed by atoms with Gasteiger partial charge < -0.3 is 35.6 Å². The highest BCUT2D eigenvalue weighted by Crippen LogP contribution is 2.40. The molecule has 1 aromatic rings. The van der Waals surface area contributed by atoms with E-state index in [2.05, 4.69) is 5.32 Å². The fraction of sp³-hybridized carbons (Fsp3) is 0.500. The second-order valence-corrected chi connectivity index (χ2v) is 5.77. The Bertz CT molecular complexity index is 539. The van der Waals surface area contributed by atoms with E-state index in [1.807, 2.05) is 0 Å². The number of nitrogens with one attached hydrogen (secondary N) is 1. The summed E-state index contributed by atoms with van der Waals surface area (Å²) in [5.41, 5.74) is -0.886. The number of hydrogen-bond acceptors (Lipinski definition) is 7. The fourth-order valence-corrected chi connectivity index (χ4v) is 1.64. The van der Waals surface area contributed by atoms with Gasteiger partial charge in [-0.15, -0.1) is 0 Å². The van der Waals surface area contributed by atoms with Crippen LogP contribution in [0.4, 0.5) is 4.79 Å². The van der Waals surface area contributed by atoms with Crippen LogP contribution in [0.2, 0.25) is 0 Å². The van der Waals surface area contributed by atoms with Crippen LogP contribution in [-0.2, 0) is 4.74 Å². The quantitative estimate of drug-likeness (QED) is 0.450. The number of phenols is 3. The van der Waals surface area contributed by atoms with Crippen molar-refractivity contribution in [1.29, 1.82) is 0 Å². The molecule has 1 aromatic carbocycles. The van der Waals surface area contributed by atoms with Gasteiger partial charge >= 0.3 is 6.09 Å². The molecule has 2 unspecified atom stereocenters. The molecule has 0 heterocycles. The molecule has 0 aromatic heterocycles. The second-order valence-electron chi connectivity index (χ2n) is 5.77. The van der Waals surface area contributed by atoms with E-state index in [9.17, 15) is 30.3 Å². The topological polar surface area (TPSA) is 139 Å². The fourth-order valence-electron chi connectivity index (χ4n) is 1.64. The number of aliphatic hydroxyl groups is 2. The molecule has 0 saturated carbocycles. The normalized spacial score (nSPS) is 14.2. The van der Waals surface area contributed by atoms with Crippen molar-refractivity contribution in [3.8, 4) is 17.2 Å². The zero-order valence-corrected chi connectivity index (χ0v) is 12.6. The summed E-state index contributed by atoms with van der Waals surface area (Å²) in [5, 5.41) is 50.3. The standard InChI is InChI=1S/C14H21NO7/c1-14(2,3)22-13(21)15-6-9(17)10(18)7-4-5-8(16)12(20)11(7)19/h4-5,9-10,16-20H,6H2,1-3H3,(H,15,21). The van der Waals surface area contributed by atoms with E-state index >= 15 is 0 Å². The van der Waals surface area contributed by atoms with E-state index < -0.39 is 41.2 Å². The van der Waals surface area contributed by atoms with Crippen molar-refractivity contribution < 1.29 is 35.1 Å². The lowest BCUT2D eigenvalue weighted by Crippen LogP contribution is -2.38. The van der Waals surface area contributed by atoms with E-state index in [-0.39, 0.29) is 12.1 Å². The van der Waals surface area contributed by atoms with E-state index in [4.69, 9.17) is 4.74 Å². The monoisotopic (exact) mass is 315 g/mol. The van der Waals surface area contributed by atoms with Crippen LogP contribution in [0.3, 0.4) is 0 Å². The Hall–Kier alpha value is -2.19. The summed E-state index contributed by atoms with van der Waals surface area (Å²) in [6, 6.07) is 2.20. The van der Waals surface area contributed by atoms with Gasteiger partial charge in [-0.3, -0.25) is 0 Å². The molecular weight excluding hydrogens is 294 g/mol. The number of ether oxygens (including phenoxy) is 1.